The monoisotopic (exact) mass is 572 g/mol. The van der Waals surface area contributed by atoms with Crippen LogP contribution in [0.25, 0.3) is 0 Å². The Hall–Kier alpha value is -3.97. The second kappa shape index (κ2) is 12.7. The molecule has 0 unspecified atom stereocenters. The highest BCUT2D eigenvalue weighted by molar-refractivity contribution is 6.30. The Morgan fingerprint density at radius 2 is 1.63 bits per heavy atom. The predicted molar refractivity (Wildman–Crippen MR) is 158 cm³/mol. The molecule has 6 nitrogen and oxygen atoms in total. The predicted octanol–water partition coefficient (Wildman–Crippen LogP) is 5.95. The Morgan fingerprint density at radius 3 is 2.27 bits per heavy atom. The van der Waals surface area contributed by atoms with E-state index in [9.17, 15) is 14.0 Å². The summed E-state index contributed by atoms with van der Waals surface area (Å²) in [4.78, 5) is 36.1. The smallest absolute Gasteiger partial charge is 0.253 e. The molecule has 0 bridgehead atoms. The molecule has 1 aliphatic heterocycles. The number of rotatable bonds is 9. The number of carbonyl (C=O) groups is 2. The summed E-state index contributed by atoms with van der Waals surface area (Å²) in [5.74, 6) is 0.373. The van der Waals surface area contributed by atoms with Gasteiger partial charge in [0, 0.05) is 49.7 Å². The van der Waals surface area contributed by atoms with Gasteiger partial charge in [-0.25, -0.2) is 9.37 Å². The molecule has 1 aliphatic rings. The zero-order chi connectivity index (χ0) is 28.8. The zero-order valence-corrected chi connectivity index (χ0v) is 23.9. The van der Waals surface area contributed by atoms with Crippen LogP contribution in [0.3, 0.4) is 0 Å². The fourth-order valence-corrected chi connectivity index (χ4v) is 5.71. The van der Waals surface area contributed by atoms with Crippen LogP contribution < -0.4 is 0 Å². The van der Waals surface area contributed by atoms with Crippen LogP contribution in [0.15, 0.2) is 91.3 Å². The maximum atomic E-state index is 14.6. The number of hydrogen-bond donors (Lipinski definition) is 0. The third-order valence-corrected chi connectivity index (χ3v) is 8.31. The first kappa shape index (κ1) is 28.6. The van der Waals surface area contributed by atoms with Gasteiger partial charge in [-0.2, -0.15) is 0 Å². The van der Waals surface area contributed by atoms with E-state index in [1.165, 1.54) is 24.3 Å². The summed E-state index contributed by atoms with van der Waals surface area (Å²) in [5.41, 5.74) is 1.97. The summed E-state index contributed by atoms with van der Waals surface area (Å²) in [6.45, 7) is 1.82. The molecule has 0 N–H and O–H groups in total. The van der Waals surface area contributed by atoms with Crippen molar-refractivity contribution in [3.63, 3.8) is 0 Å². The lowest BCUT2D eigenvalue weighted by Gasteiger charge is -2.43. The fourth-order valence-electron chi connectivity index (χ4n) is 5.59. The highest BCUT2D eigenvalue weighted by Crippen LogP contribution is 2.38. The number of aryl methyl sites for hydroxylation is 1. The summed E-state index contributed by atoms with van der Waals surface area (Å²) >= 11 is 6.09. The minimum Gasteiger partial charge on any atom is -0.339 e. The Kier molecular flexibility index (Phi) is 8.84. The molecule has 0 saturated carbocycles. The minimum absolute atomic E-state index is 0.0761. The van der Waals surface area contributed by atoms with Crippen LogP contribution in [-0.2, 0) is 31.2 Å². The van der Waals surface area contributed by atoms with Gasteiger partial charge < -0.3 is 14.4 Å². The van der Waals surface area contributed by atoms with E-state index >= 15 is 0 Å². The highest BCUT2D eigenvalue weighted by atomic mass is 35.5. The Balaban J connectivity index is 1.40. The van der Waals surface area contributed by atoms with E-state index in [-0.39, 0.29) is 17.6 Å². The van der Waals surface area contributed by atoms with Gasteiger partial charge in [-0.1, -0.05) is 54.1 Å². The number of halogens is 2. The maximum Gasteiger partial charge on any atom is 0.253 e. The van der Waals surface area contributed by atoms with Crippen molar-refractivity contribution >= 4 is 23.4 Å². The number of benzene rings is 3. The van der Waals surface area contributed by atoms with E-state index < -0.39 is 5.41 Å². The van der Waals surface area contributed by atoms with E-state index in [2.05, 4.69) is 17.1 Å². The number of amides is 2. The largest absolute Gasteiger partial charge is 0.339 e. The van der Waals surface area contributed by atoms with Crippen LogP contribution in [0.1, 0.15) is 40.2 Å². The molecule has 0 atom stereocenters. The van der Waals surface area contributed by atoms with Gasteiger partial charge in [0.05, 0.1) is 12.0 Å². The lowest BCUT2D eigenvalue weighted by atomic mass is 9.72. The molecular formula is C33H34ClFN4O2. The third kappa shape index (κ3) is 6.85. The van der Waals surface area contributed by atoms with Crippen molar-refractivity contribution in [3.05, 3.63) is 125 Å². The molecular weight excluding hydrogens is 539 g/mol. The summed E-state index contributed by atoms with van der Waals surface area (Å²) in [5, 5.41) is 0.679. The SMILES string of the molecule is Cn1ccnc1CN(CCc1ccc(Cl)cc1)C(=O)C1(Cc2ccccc2)CCN(C(=O)c2ccc(F)cc2)CC1. The molecule has 4 aromatic rings. The number of piperidine rings is 1. The molecule has 41 heavy (non-hydrogen) atoms. The minimum atomic E-state index is -0.675. The van der Waals surface area contributed by atoms with Gasteiger partial charge in [-0.15, -0.1) is 0 Å². The molecule has 8 heteroatoms. The van der Waals surface area contributed by atoms with Crippen molar-refractivity contribution in [2.24, 2.45) is 12.5 Å². The van der Waals surface area contributed by atoms with Crippen LogP contribution in [0.2, 0.25) is 5.02 Å². The third-order valence-electron chi connectivity index (χ3n) is 8.06. The molecule has 3 aromatic carbocycles. The van der Waals surface area contributed by atoms with Gasteiger partial charge in [0.1, 0.15) is 11.6 Å². The van der Waals surface area contributed by atoms with Crippen LogP contribution in [0.4, 0.5) is 4.39 Å². The molecule has 2 heterocycles. The average molecular weight is 573 g/mol. The summed E-state index contributed by atoms with van der Waals surface area (Å²) in [7, 11) is 1.93. The second-order valence-electron chi connectivity index (χ2n) is 10.8. The van der Waals surface area contributed by atoms with E-state index in [1.807, 2.05) is 65.2 Å². The number of hydrogen-bond acceptors (Lipinski definition) is 3. The molecule has 0 radical (unpaired) electrons. The second-order valence-corrected chi connectivity index (χ2v) is 11.2. The average Bonchev–Trinajstić information content (AvgIpc) is 3.40. The number of imidazole rings is 1. The lowest BCUT2D eigenvalue weighted by Crippen LogP contribution is -2.52. The van der Waals surface area contributed by atoms with Crippen LogP contribution in [0.5, 0.6) is 0 Å². The van der Waals surface area contributed by atoms with E-state index in [4.69, 9.17) is 11.6 Å². The normalized spacial score (nSPS) is 14.6. The molecule has 0 aliphatic carbocycles. The molecule has 0 spiro atoms. The highest BCUT2D eigenvalue weighted by Gasteiger charge is 2.44. The van der Waals surface area contributed by atoms with Crippen molar-refractivity contribution in [2.45, 2.75) is 32.2 Å². The molecule has 2 amide bonds. The number of nitrogens with zero attached hydrogens (tertiary/aromatic N) is 4. The van der Waals surface area contributed by atoms with Crippen molar-refractivity contribution in [1.82, 2.24) is 19.4 Å². The van der Waals surface area contributed by atoms with Crippen LogP contribution in [-0.4, -0.2) is 50.8 Å². The van der Waals surface area contributed by atoms with E-state index in [0.717, 1.165) is 17.0 Å². The molecule has 5 rings (SSSR count). The maximum absolute atomic E-state index is 14.6. The van der Waals surface area contributed by atoms with Gasteiger partial charge in [0.15, 0.2) is 0 Å². The van der Waals surface area contributed by atoms with Crippen molar-refractivity contribution in [3.8, 4) is 0 Å². The topological polar surface area (TPSA) is 58.4 Å². The van der Waals surface area contributed by atoms with E-state index in [1.54, 1.807) is 11.1 Å². The van der Waals surface area contributed by atoms with Gasteiger partial charge in [-0.05, 0) is 73.2 Å². The van der Waals surface area contributed by atoms with Crippen molar-refractivity contribution < 1.29 is 14.0 Å². The van der Waals surface area contributed by atoms with E-state index in [0.29, 0.717) is 62.4 Å². The van der Waals surface area contributed by atoms with Gasteiger partial charge in [0.25, 0.3) is 5.91 Å². The van der Waals surface area contributed by atoms with Crippen LogP contribution in [0, 0.1) is 11.2 Å². The first-order valence-corrected chi connectivity index (χ1v) is 14.3. The summed E-state index contributed by atoms with van der Waals surface area (Å²) in [6.07, 6.45) is 5.97. The number of likely N-dealkylation sites (tertiary alicyclic amines) is 1. The zero-order valence-electron chi connectivity index (χ0n) is 23.2. The van der Waals surface area contributed by atoms with Crippen LogP contribution >= 0.6 is 11.6 Å². The Morgan fingerprint density at radius 1 is 0.951 bits per heavy atom. The summed E-state index contributed by atoms with van der Waals surface area (Å²) < 4.78 is 15.4. The molecule has 1 fully saturated rings. The first-order chi connectivity index (χ1) is 19.8. The first-order valence-electron chi connectivity index (χ1n) is 13.9. The molecule has 212 valence electrons. The number of carbonyl (C=O) groups excluding carboxylic acids is 2. The quantitative estimate of drug-likeness (QED) is 0.249. The van der Waals surface area contributed by atoms with Crippen molar-refractivity contribution in [2.75, 3.05) is 19.6 Å². The molecule has 1 aromatic heterocycles. The standard InChI is InChI=1S/C33H34ClFN4O2/c1-37-22-18-36-30(37)24-39(19-15-25-7-11-28(34)12-8-25)32(41)33(23-26-5-3-2-4-6-26)16-20-38(21-17-33)31(40)27-9-13-29(35)14-10-27/h2-14,18,22H,15-17,19-21,23-24H2,1H3. The van der Waals surface area contributed by atoms with Gasteiger partial charge in [-0.3, -0.25) is 9.59 Å². The Labute approximate surface area is 245 Å². The van der Waals surface area contributed by atoms with Gasteiger partial charge in [0.2, 0.25) is 5.91 Å². The fraction of sp³-hybridized carbons (Fsp3) is 0.303. The Bertz CT molecular complexity index is 1460. The van der Waals surface area contributed by atoms with Gasteiger partial charge >= 0.3 is 0 Å². The summed E-state index contributed by atoms with van der Waals surface area (Å²) in [6, 6.07) is 23.4. The molecule has 1 saturated heterocycles. The van der Waals surface area contributed by atoms with Crippen molar-refractivity contribution in [1.29, 1.82) is 0 Å². The number of aromatic nitrogens is 2. The lowest BCUT2D eigenvalue weighted by molar-refractivity contribution is -0.145.